The number of anilines is 1. The van der Waals surface area contributed by atoms with E-state index < -0.39 is 15.8 Å². The van der Waals surface area contributed by atoms with Crippen LogP contribution >= 0.6 is 11.3 Å². The maximum atomic E-state index is 13.1. The Balaban J connectivity index is 2.33. The van der Waals surface area contributed by atoms with Gasteiger partial charge in [-0.2, -0.15) is 0 Å². The van der Waals surface area contributed by atoms with E-state index in [4.69, 9.17) is 10.5 Å². The molecule has 1 aromatic heterocycles. The molecule has 0 radical (unpaired) electrons. The second-order valence-electron chi connectivity index (χ2n) is 3.87. The minimum atomic E-state index is -3.74. The molecular formula is C12H13FN2O3S2. The molecule has 0 saturated carbocycles. The molecule has 0 aliphatic carbocycles. The van der Waals surface area contributed by atoms with Crippen molar-refractivity contribution >= 4 is 27.0 Å². The molecule has 8 heteroatoms. The number of nitrogens with one attached hydrogen (secondary N) is 1. The summed E-state index contributed by atoms with van der Waals surface area (Å²) < 4.78 is 44.9. The molecule has 0 atom stereocenters. The van der Waals surface area contributed by atoms with E-state index in [1.54, 1.807) is 6.07 Å². The lowest BCUT2D eigenvalue weighted by atomic mass is 10.3. The van der Waals surface area contributed by atoms with Gasteiger partial charge in [-0.1, -0.05) is 0 Å². The molecule has 1 aromatic carbocycles. The van der Waals surface area contributed by atoms with Gasteiger partial charge in [0, 0.05) is 17.5 Å². The van der Waals surface area contributed by atoms with Crippen LogP contribution in [0.5, 0.6) is 5.75 Å². The number of ether oxygens (including phenoxy) is 1. The quantitative estimate of drug-likeness (QED) is 0.885. The van der Waals surface area contributed by atoms with Crippen molar-refractivity contribution in [2.45, 2.75) is 10.8 Å². The van der Waals surface area contributed by atoms with Gasteiger partial charge in [-0.3, -0.25) is 4.72 Å². The average Bonchev–Trinajstić information content (AvgIpc) is 2.90. The molecule has 0 fully saturated rings. The molecule has 3 N–H and O–H groups in total. The molecule has 0 unspecified atom stereocenters. The van der Waals surface area contributed by atoms with E-state index in [1.165, 1.54) is 19.2 Å². The first-order valence-electron chi connectivity index (χ1n) is 5.61. The summed E-state index contributed by atoms with van der Waals surface area (Å²) >= 11 is 1.09. The summed E-state index contributed by atoms with van der Waals surface area (Å²) in [6.45, 7) is 0.278. The van der Waals surface area contributed by atoms with Crippen LogP contribution in [0.3, 0.4) is 0 Å². The van der Waals surface area contributed by atoms with Crippen LogP contribution < -0.4 is 15.2 Å². The van der Waals surface area contributed by atoms with Crippen LogP contribution in [0.2, 0.25) is 0 Å². The highest BCUT2D eigenvalue weighted by molar-refractivity contribution is 7.94. The van der Waals surface area contributed by atoms with Crippen LogP contribution in [0, 0.1) is 5.82 Å². The molecule has 1 heterocycles. The predicted octanol–water partition coefficient (Wildman–Crippen LogP) is 2.16. The van der Waals surface area contributed by atoms with Crippen molar-refractivity contribution in [2.75, 3.05) is 11.8 Å². The number of methoxy groups -OCH3 is 1. The van der Waals surface area contributed by atoms with Gasteiger partial charge in [0.15, 0.2) is 0 Å². The van der Waals surface area contributed by atoms with Crippen molar-refractivity contribution in [3.8, 4) is 5.75 Å². The van der Waals surface area contributed by atoms with Crippen LogP contribution in [0.1, 0.15) is 4.88 Å². The minimum Gasteiger partial charge on any atom is -0.494 e. The highest BCUT2D eigenvalue weighted by Gasteiger charge is 2.19. The Morgan fingerprint density at radius 2 is 2.10 bits per heavy atom. The Hall–Kier alpha value is -1.64. The largest absolute Gasteiger partial charge is 0.494 e. The summed E-state index contributed by atoms with van der Waals surface area (Å²) in [4.78, 5) is 0.761. The van der Waals surface area contributed by atoms with E-state index in [0.717, 1.165) is 28.3 Å². The third-order valence-corrected chi connectivity index (χ3v) is 5.48. The van der Waals surface area contributed by atoms with Crippen molar-refractivity contribution in [3.63, 3.8) is 0 Å². The maximum absolute atomic E-state index is 13.1. The number of sulfonamides is 1. The first-order valence-corrected chi connectivity index (χ1v) is 7.91. The number of benzene rings is 1. The van der Waals surface area contributed by atoms with Gasteiger partial charge in [0.25, 0.3) is 10.0 Å². The summed E-state index contributed by atoms with van der Waals surface area (Å²) in [6.07, 6.45) is 0. The van der Waals surface area contributed by atoms with E-state index in [9.17, 15) is 12.8 Å². The van der Waals surface area contributed by atoms with Crippen molar-refractivity contribution in [1.82, 2.24) is 0 Å². The third-order valence-electron chi connectivity index (χ3n) is 2.51. The molecule has 0 aliphatic heterocycles. The summed E-state index contributed by atoms with van der Waals surface area (Å²) in [5.74, 6) is -0.393. The van der Waals surface area contributed by atoms with Gasteiger partial charge >= 0.3 is 0 Å². The number of thiophene rings is 1. The van der Waals surface area contributed by atoms with E-state index >= 15 is 0 Å². The minimum absolute atomic E-state index is 0.115. The smallest absolute Gasteiger partial charge is 0.271 e. The van der Waals surface area contributed by atoms with Crippen LogP contribution in [0.15, 0.2) is 34.5 Å². The molecule has 20 heavy (non-hydrogen) atoms. The van der Waals surface area contributed by atoms with Gasteiger partial charge in [0.05, 0.1) is 12.8 Å². The highest BCUT2D eigenvalue weighted by Crippen LogP contribution is 2.29. The maximum Gasteiger partial charge on any atom is 0.271 e. The summed E-state index contributed by atoms with van der Waals surface area (Å²) in [6, 6.07) is 6.70. The van der Waals surface area contributed by atoms with Crippen LogP contribution in [-0.2, 0) is 16.6 Å². The lowest BCUT2D eigenvalue weighted by Crippen LogP contribution is -2.12. The lowest BCUT2D eigenvalue weighted by Gasteiger charge is -2.10. The second-order valence-corrected chi connectivity index (χ2v) is 6.95. The van der Waals surface area contributed by atoms with Crippen LogP contribution in [0.25, 0.3) is 0 Å². The van der Waals surface area contributed by atoms with Gasteiger partial charge in [-0.05, 0) is 24.3 Å². The Labute approximate surface area is 120 Å². The van der Waals surface area contributed by atoms with E-state index in [2.05, 4.69) is 4.72 Å². The first-order chi connectivity index (χ1) is 9.46. The molecule has 2 aromatic rings. The van der Waals surface area contributed by atoms with Gasteiger partial charge in [0.2, 0.25) is 0 Å². The summed E-state index contributed by atoms with van der Waals surface area (Å²) in [5, 5.41) is 0. The molecular weight excluding hydrogens is 303 g/mol. The zero-order chi connectivity index (χ0) is 14.8. The van der Waals surface area contributed by atoms with E-state index in [1.807, 2.05) is 0 Å². The van der Waals surface area contributed by atoms with E-state index in [-0.39, 0.29) is 22.2 Å². The lowest BCUT2D eigenvalue weighted by molar-refractivity contribution is 0.413. The number of nitrogens with two attached hydrogens (primary N) is 1. The molecule has 0 aliphatic rings. The normalized spacial score (nSPS) is 11.3. The van der Waals surface area contributed by atoms with Crippen molar-refractivity contribution in [3.05, 3.63) is 41.0 Å². The standard InChI is InChI=1S/C12H13FN2O3S2/c1-18-11-6-8(13)2-4-10(11)15-20(16,17)12-5-3-9(7-14)19-12/h2-6,15H,7,14H2,1H3. The topological polar surface area (TPSA) is 81.4 Å². The van der Waals surface area contributed by atoms with Crippen LogP contribution in [-0.4, -0.2) is 15.5 Å². The van der Waals surface area contributed by atoms with Gasteiger partial charge in [-0.15, -0.1) is 11.3 Å². The molecule has 0 spiro atoms. The molecule has 0 amide bonds. The van der Waals surface area contributed by atoms with Gasteiger partial charge in [-0.25, -0.2) is 12.8 Å². The highest BCUT2D eigenvalue weighted by atomic mass is 32.2. The van der Waals surface area contributed by atoms with Gasteiger partial charge in [0.1, 0.15) is 15.8 Å². The third kappa shape index (κ3) is 3.09. The molecule has 0 bridgehead atoms. The van der Waals surface area contributed by atoms with Crippen molar-refractivity contribution in [2.24, 2.45) is 5.73 Å². The zero-order valence-corrected chi connectivity index (χ0v) is 12.2. The summed E-state index contributed by atoms with van der Waals surface area (Å²) in [5.41, 5.74) is 5.63. The number of halogens is 1. The summed E-state index contributed by atoms with van der Waals surface area (Å²) in [7, 11) is -2.40. The molecule has 0 saturated heterocycles. The Morgan fingerprint density at radius 1 is 1.35 bits per heavy atom. The Morgan fingerprint density at radius 3 is 2.70 bits per heavy atom. The van der Waals surface area contributed by atoms with E-state index in [0.29, 0.717) is 0 Å². The number of hydrogen-bond donors (Lipinski definition) is 2. The fraction of sp³-hybridized carbons (Fsp3) is 0.167. The second kappa shape index (κ2) is 5.78. The molecule has 5 nitrogen and oxygen atoms in total. The van der Waals surface area contributed by atoms with Crippen molar-refractivity contribution in [1.29, 1.82) is 0 Å². The monoisotopic (exact) mass is 316 g/mol. The number of rotatable bonds is 5. The average molecular weight is 316 g/mol. The van der Waals surface area contributed by atoms with Gasteiger partial charge < -0.3 is 10.5 Å². The molecule has 2 rings (SSSR count). The first kappa shape index (κ1) is 14.8. The Bertz CT molecular complexity index is 713. The number of hydrogen-bond acceptors (Lipinski definition) is 5. The fourth-order valence-corrected chi connectivity index (χ4v) is 3.86. The fourth-order valence-electron chi connectivity index (χ4n) is 1.56. The van der Waals surface area contributed by atoms with Crippen LogP contribution in [0.4, 0.5) is 10.1 Å². The SMILES string of the molecule is COc1cc(F)ccc1NS(=O)(=O)c1ccc(CN)s1. The predicted molar refractivity (Wildman–Crippen MR) is 76.0 cm³/mol. The zero-order valence-electron chi connectivity index (χ0n) is 10.6. The molecule has 108 valence electrons. The van der Waals surface area contributed by atoms with Crippen molar-refractivity contribution < 1.29 is 17.5 Å². The Kier molecular flexibility index (Phi) is 4.26.